The Morgan fingerprint density at radius 1 is 0.240 bits per heavy atom. The molecule has 300 valence electrons. The van der Waals surface area contributed by atoms with Gasteiger partial charge in [0.15, 0.2) is 0 Å². The summed E-state index contributed by atoms with van der Waals surface area (Å²) in [4.78, 5) is 30.8. The van der Waals surface area contributed by atoms with Crippen LogP contribution in [0, 0.1) is 0 Å². The largest absolute Gasteiger partial charge is 0.481 e. The molecule has 0 aromatic rings. The van der Waals surface area contributed by atoms with E-state index in [2.05, 4.69) is 20.8 Å². The fraction of sp³-hybridized carbons (Fsp3) is 0.932. The number of hydrogen-bond donors (Lipinski definition) is 3. The smallest absolute Gasteiger partial charge is 0.303 e. The van der Waals surface area contributed by atoms with Crippen molar-refractivity contribution >= 4 is 17.9 Å². The molecule has 50 heavy (non-hydrogen) atoms. The second-order valence-electron chi connectivity index (χ2n) is 14.7. The quantitative estimate of drug-likeness (QED) is 0.0549. The first kappa shape index (κ1) is 52.8. The molecule has 6 nitrogen and oxygen atoms in total. The molecule has 3 N–H and O–H groups in total. The lowest BCUT2D eigenvalue weighted by atomic mass is 10.0. The van der Waals surface area contributed by atoms with Crippen LogP contribution in [0.1, 0.15) is 265 Å². The molecule has 0 aliphatic carbocycles. The van der Waals surface area contributed by atoms with E-state index < -0.39 is 17.9 Å². The van der Waals surface area contributed by atoms with Crippen LogP contribution in [0.3, 0.4) is 0 Å². The normalized spacial score (nSPS) is 10.6. The Morgan fingerprint density at radius 3 is 0.480 bits per heavy atom. The summed E-state index contributed by atoms with van der Waals surface area (Å²) in [6.45, 7) is 6.73. The maximum Gasteiger partial charge on any atom is 0.303 e. The van der Waals surface area contributed by atoms with Gasteiger partial charge < -0.3 is 15.3 Å². The molecule has 0 heterocycles. The van der Waals surface area contributed by atoms with Crippen LogP contribution >= 0.6 is 0 Å². The molecule has 0 amide bonds. The Labute approximate surface area is 311 Å². The van der Waals surface area contributed by atoms with E-state index in [1.54, 1.807) is 0 Å². The number of carboxylic acids is 3. The van der Waals surface area contributed by atoms with E-state index >= 15 is 0 Å². The summed E-state index contributed by atoms with van der Waals surface area (Å²) in [5.74, 6) is -1.97. The summed E-state index contributed by atoms with van der Waals surface area (Å²) in [7, 11) is 0. The van der Waals surface area contributed by atoms with Crippen molar-refractivity contribution in [3.8, 4) is 0 Å². The number of rotatable bonds is 38. The lowest BCUT2D eigenvalue weighted by molar-refractivity contribution is -0.138. The molecule has 0 fully saturated rings. The van der Waals surface area contributed by atoms with E-state index in [-0.39, 0.29) is 0 Å². The molecule has 0 aliphatic heterocycles. The Kier molecular flexibility index (Phi) is 52.3. The number of carbonyl (C=O) groups is 3. The first-order valence-electron chi connectivity index (χ1n) is 22.0. The van der Waals surface area contributed by atoms with Gasteiger partial charge in [-0.2, -0.15) is 0 Å². The van der Waals surface area contributed by atoms with Gasteiger partial charge in [-0.1, -0.05) is 226 Å². The highest BCUT2D eigenvalue weighted by molar-refractivity contribution is 5.67. The SMILES string of the molecule is CCCCCCCCCC(=O)O.CCCCCCCCCCCCCCCC(=O)O.CCCCCCCCCCCCCCCCCC(=O)O. The molecule has 0 atom stereocenters. The molecule has 0 rings (SSSR count). The Bertz CT molecular complexity index is 665. The van der Waals surface area contributed by atoms with Crippen molar-refractivity contribution in [1.29, 1.82) is 0 Å². The maximum atomic E-state index is 10.3. The van der Waals surface area contributed by atoms with Crippen LogP contribution in [0.15, 0.2) is 0 Å². The zero-order chi connectivity index (χ0) is 37.6. The summed E-state index contributed by atoms with van der Waals surface area (Å²) in [6.07, 6.45) is 46.1. The molecule has 0 spiro atoms. The van der Waals surface area contributed by atoms with E-state index in [1.807, 2.05) is 0 Å². The third-order valence-electron chi connectivity index (χ3n) is 9.48. The number of carboxylic acid groups (broad SMARTS) is 3. The van der Waals surface area contributed by atoms with Crippen molar-refractivity contribution in [2.45, 2.75) is 265 Å². The van der Waals surface area contributed by atoms with Crippen molar-refractivity contribution in [2.75, 3.05) is 0 Å². The standard InChI is InChI=1S/C18H36O2.C16H32O2.C10H20O2/c1-2-3-4-5-6-7-8-9-10-11-12-13-14-15-16-17-18(19)20;1-2-3-4-5-6-7-8-9-10-11-12-13-14-15-16(17)18;1-2-3-4-5-6-7-8-9-10(11)12/h2-17H2,1H3,(H,19,20);2-15H2,1H3,(H,17,18);2-9H2,1H3,(H,11,12). The van der Waals surface area contributed by atoms with Gasteiger partial charge in [0.1, 0.15) is 0 Å². The van der Waals surface area contributed by atoms with Gasteiger partial charge in [-0.15, -0.1) is 0 Å². The molecular weight excluding hydrogens is 624 g/mol. The number of hydrogen-bond acceptors (Lipinski definition) is 3. The van der Waals surface area contributed by atoms with E-state index in [9.17, 15) is 14.4 Å². The average molecular weight is 713 g/mol. The lowest BCUT2D eigenvalue weighted by Crippen LogP contribution is -1.93. The topological polar surface area (TPSA) is 112 Å². The maximum absolute atomic E-state index is 10.3. The third-order valence-corrected chi connectivity index (χ3v) is 9.48. The molecule has 6 heteroatoms. The third kappa shape index (κ3) is 61.6. The van der Waals surface area contributed by atoms with Gasteiger partial charge in [-0.25, -0.2) is 0 Å². The monoisotopic (exact) mass is 713 g/mol. The number of aliphatic carboxylic acids is 3. The van der Waals surface area contributed by atoms with Gasteiger partial charge in [0, 0.05) is 19.3 Å². The molecule has 0 saturated carbocycles. The predicted molar refractivity (Wildman–Crippen MR) is 215 cm³/mol. The van der Waals surface area contributed by atoms with Crippen molar-refractivity contribution < 1.29 is 29.7 Å². The van der Waals surface area contributed by atoms with Crippen LogP contribution in [0.4, 0.5) is 0 Å². The minimum atomic E-state index is -0.663. The zero-order valence-corrected chi connectivity index (χ0v) is 33.9. The summed E-state index contributed by atoms with van der Waals surface area (Å²) >= 11 is 0. The van der Waals surface area contributed by atoms with E-state index in [0.29, 0.717) is 19.3 Å². The van der Waals surface area contributed by atoms with Crippen molar-refractivity contribution in [3.05, 3.63) is 0 Å². The van der Waals surface area contributed by atoms with Crippen molar-refractivity contribution in [3.63, 3.8) is 0 Å². The fourth-order valence-corrected chi connectivity index (χ4v) is 6.17. The van der Waals surface area contributed by atoms with Crippen LogP contribution in [0.5, 0.6) is 0 Å². The second-order valence-corrected chi connectivity index (χ2v) is 14.7. The Balaban J connectivity index is -0.000000683. The molecule has 0 unspecified atom stereocenters. The van der Waals surface area contributed by atoms with Crippen LogP contribution < -0.4 is 0 Å². The molecule has 0 bridgehead atoms. The molecule has 0 aromatic carbocycles. The molecule has 0 aliphatic rings. The van der Waals surface area contributed by atoms with Gasteiger partial charge in [0.2, 0.25) is 0 Å². The van der Waals surface area contributed by atoms with Gasteiger partial charge in [-0.3, -0.25) is 14.4 Å². The average Bonchev–Trinajstić information content (AvgIpc) is 3.08. The molecule has 0 radical (unpaired) electrons. The molecule has 0 saturated heterocycles. The van der Waals surface area contributed by atoms with Crippen LogP contribution in [0.2, 0.25) is 0 Å². The Hall–Kier alpha value is -1.59. The van der Waals surface area contributed by atoms with Gasteiger partial charge in [0.05, 0.1) is 0 Å². The summed E-state index contributed by atoms with van der Waals surface area (Å²) in [5, 5.41) is 25.4. The van der Waals surface area contributed by atoms with Crippen LogP contribution in [0.25, 0.3) is 0 Å². The lowest BCUT2D eigenvalue weighted by Gasteiger charge is -2.03. The first-order chi connectivity index (χ1) is 24.3. The molecular formula is C44H88O6. The fourth-order valence-electron chi connectivity index (χ4n) is 6.17. The van der Waals surface area contributed by atoms with E-state index in [4.69, 9.17) is 15.3 Å². The van der Waals surface area contributed by atoms with Crippen LogP contribution in [-0.2, 0) is 14.4 Å². The zero-order valence-electron chi connectivity index (χ0n) is 33.9. The second kappa shape index (κ2) is 49.5. The highest BCUT2D eigenvalue weighted by atomic mass is 16.4. The summed E-state index contributed by atoms with van der Waals surface area (Å²) in [5.41, 5.74) is 0. The van der Waals surface area contributed by atoms with E-state index in [1.165, 1.54) is 186 Å². The minimum Gasteiger partial charge on any atom is -0.481 e. The van der Waals surface area contributed by atoms with E-state index in [0.717, 1.165) is 38.5 Å². The van der Waals surface area contributed by atoms with Crippen molar-refractivity contribution in [1.82, 2.24) is 0 Å². The van der Waals surface area contributed by atoms with Crippen molar-refractivity contribution in [2.24, 2.45) is 0 Å². The predicted octanol–water partition coefficient (Wildman–Crippen LogP) is 15.1. The number of unbranched alkanes of at least 4 members (excludes halogenated alkanes) is 32. The highest BCUT2D eigenvalue weighted by Gasteiger charge is 1.99. The van der Waals surface area contributed by atoms with Gasteiger partial charge in [-0.05, 0) is 19.3 Å². The van der Waals surface area contributed by atoms with Gasteiger partial charge in [0.25, 0.3) is 0 Å². The highest BCUT2D eigenvalue weighted by Crippen LogP contribution is 2.15. The van der Waals surface area contributed by atoms with Crippen LogP contribution in [-0.4, -0.2) is 33.2 Å². The summed E-state index contributed by atoms with van der Waals surface area (Å²) < 4.78 is 0. The minimum absolute atomic E-state index is 0.341. The Morgan fingerprint density at radius 2 is 0.360 bits per heavy atom. The summed E-state index contributed by atoms with van der Waals surface area (Å²) in [6, 6.07) is 0. The molecule has 0 aromatic heterocycles. The first-order valence-corrected chi connectivity index (χ1v) is 22.0. The van der Waals surface area contributed by atoms with Gasteiger partial charge >= 0.3 is 17.9 Å².